The molecule has 120 valence electrons. The van der Waals surface area contributed by atoms with Crippen molar-refractivity contribution in [1.29, 1.82) is 0 Å². The van der Waals surface area contributed by atoms with Crippen LogP contribution in [0.25, 0.3) is 0 Å². The number of methoxy groups -OCH3 is 1. The lowest BCUT2D eigenvalue weighted by atomic mass is 10.0. The number of rotatable bonds is 4. The van der Waals surface area contributed by atoms with Gasteiger partial charge in [0.25, 0.3) is 5.91 Å². The van der Waals surface area contributed by atoms with Gasteiger partial charge in [-0.1, -0.05) is 0 Å². The number of piperidine rings is 1. The Bertz CT molecular complexity index is 571. The molecule has 1 saturated heterocycles. The van der Waals surface area contributed by atoms with Crippen molar-refractivity contribution in [3.63, 3.8) is 0 Å². The molecule has 1 N–H and O–H groups in total. The summed E-state index contributed by atoms with van der Waals surface area (Å²) in [5, 5.41) is 9.15. The van der Waals surface area contributed by atoms with Crippen LogP contribution in [0.15, 0.2) is 18.2 Å². The minimum atomic E-state index is -1.07. The SMILES string of the molecule is COc1cc(C(=O)O)cc(C(=O)N2CCC[C@@H](N(C)C)C2)c1. The quantitative estimate of drug-likeness (QED) is 0.914. The molecule has 0 spiro atoms. The molecular formula is C16H22N2O4. The minimum Gasteiger partial charge on any atom is -0.497 e. The molecule has 1 heterocycles. The maximum absolute atomic E-state index is 12.7. The molecule has 1 amide bonds. The molecule has 0 unspecified atom stereocenters. The van der Waals surface area contributed by atoms with E-state index >= 15 is 0 Å². The van der Waals surface area contributed by atoms with Gasteiger partial charge in [-0.15, -0.1) is 0 Å². The van der Waals surface area contributed by atoms with E-state index in [2.05, 4.69) is 4.90 Å². The van der Waals surface area contributed by atoms with Gasteiger partial charge in [0.05, 0.1) is 12.7 Å². The number of nitrogens with zero attached hydrogens (tertiary/aromatic N) is 2. The number of benzene rings is 1. The number of hydrogen-bond donors (Lipinski definition) is 1. The molecule has 2 rings (SSSR count). The van der Waals surface area contributed by atoms with Crippen LogP contribution in [0.1, 0.15) is 33.6 Å². The van der Waals surface area contributed by atoms with Crippen LogP contribution in [0.3, 0.4) is 0 Å². The number of aromatic carboxylic acids is 1. The Morgan fingerprint density at radius 1 is 1.27 bits per heavy atom. The summed E-state index contributed by atoms with van der Waals surface area (Å²) in [6, 6.07) is 4.75. The van der Waals surface area contributed by atoms with Crippen LogP contribution in [0.2, 0.25) is 0 Å². The lowest BCUT2D eigenvalue weighted by Gasteiger charge is -2.36. The van der Waals surface area contributed by atoms with Crippen molar-refractivity contribution >= 4 is 11.9 Å². The van der Waals surface area contributed by atoms with E-state index in [4.69, 9.17) is 9.84 Å². The van der Waals surface area contributed by atoms with Crippen LogP contribution in [0, 0.1) is 0 Å². The number of likely N-dealkylation sites (tertiary alicyclic amines) is 1. The average molecular weight is 306 g/mol. The Labute approximate surface area is 130 Å². The molecular weight excluding hydrogens is 284 g/mol. The molecule has 6 heteroatoms. The molecule has 1 fully saturated rings. The molecule has 1 aliphatic heterocycles. The summed E-state index contributed by atoms with van der Waals surface area (Å²) in [6.07, 6.45) is 2.01. The summed E-state index contributed by atoms with van der Waals surface area (Å²) in [5.74, 6) is -0.838. The van der Waals surface area contributed by atoms with Crippen molar-refractivity contribution in [2.45, 2.75) is 18.9 Å². The molecule has 0 aliphatic carbocycles. The van der Waals surface area contributed by atoms with Gasteiger partial charge in [-0.3, -0.25) is 4.79 Å². The van der Waals surface area contributed by atoms with Crippen molar-refractivity contribution in [1.82, 2.24) is 9.80 Å². The van der Waals surface area contributed by atoms with Gasteiger partial charge in [0.15, 0.2) is 0 Å². The van der Waals surface area contributed by atoms with E-state index in [1.54, 1.807) is 11.0 Å². The van der Waals surface area contributed by atoms with Crippen LogP contribution >= 0.6 is 0 Å². The molecule has 0 saturated carbocycles. The predicted octanol–water partition coefficient (Wildman–Crippen LogP) is 1.56. The zero-order valence-electron chi connectivity index (χ0n) is 13.2. The Morgan fingerprint density at radius 3 is 2.55 bits per heavy atom. The van der Waals surface area contributed by atoms with Gasteiger partial charge < -0.3 is 19.6 Å². The Kier molecular flexibility index (Phi) is 5.03. The summed E-state index contributed by atoms with van der Waals surface area (Å²) < 4.78 is 5.10. The maximum atomic E-state index is 12.7. The number of carboxylic acid groups (broad SMARTS) is 1. The Balaban J connectivity index is 2.25. The van der Waals surface area contributed by atoms with E-state index < -0.39 is 5.97 Å². The van der Waals surface area contributed by atoms with Crippen molar-refractivity contribution in [3.8, 4) is 5.75 Å². The molecule has 1 aromatic rings. The summed E-state index contributed by atoms with van der Waals surface area (Å²) in [7, 11) is 5.47. The van der Waals surface area contributed by atoms with Gasteiger partial charge in [0.2, 0.25) is 0 Å². The number of carboxylic acids is 1. The lowest BCUT2D eigenvalue weighted by molar-refractivity contribution is 0.0634. The average Bonchev–Trinajstić information content (AvgIpc) is 2.53. The highest BCUT2D eigenvalue weighted by Crippen LogP contribution is 2.21. The van der Waals surface area contributed by atoms with E-state index in [9.17, 15) is 9.59 Å². The number of hydrogen-bond acceptors (Lipinski definition) is 4. The van der Waals surface area contributed by atoms with E-state index in [-0.39, 0.29) is 11.5 Å². The van der Waals surface area contributed by atoms with Crippen molar-refractivity contribution in [3.05, 3.63) is 29.3 Å². The number of carbonyl (C=O) groups excluding carboxylic acids is 1. The van der Waals surface area contributed by atoms with Gasteiger partial charge in [-0.25, -0.2) is 4.79 Å². The highest BCUT2D eigenvalue weighted by molar-refractivity contribution is 5.98. The van der Waals surface area contributed by atoms with Crippen LogP contribution in [-0.2, 0) is 0 Å². The fourth-order valence-corrected chi connectivity index (χ4v) is 2.71. The first-order valence-electron chi connectivity index (χ1n) is 7.30. The van der Waals surface area contributed by atoms with Gasteiger partial charge in [0.1, 0.15) is 5.75 Å². The second-order valence-electron chi connectivity index (χ2n) is 5.77. The molecule has 1 aliphatic rings. The van der Waals surface area contributed by atoms with Crippen LogP contribution in [0.5, 0.6) is 5.75 Å². The van der Waals surface area contributed by atoms with Gasteiger partial charge in [-0.05, 0) is 45.1 Å². The first-order chi connectivity index (χ1) is 10.4. The maximum Gasteiger partial charge on any atom is 0.335 e. The fourth-order valence-electron chi connectivity index (χ4n) is 2.71. The Hall–Kier alpha value is -2.08. The first-order valence-corrected chi connectivity index (χ1v) is 7.30. The fraction of sp³-hybridized carbons (Fsp3) is 0.500. The topological polar surface area (TPSA) is 70.1 Å². The highest BCUT2D eigenvalue weighted by atomic mass is 16.5. The van der Waals surface area contributed by atoms with Crippen molar-refractivity contribution in [2.75, 3.05) is 34.3 Å². The third-order valence-electron chi connectivity index (χ3n) is 4.05. The number of amides is 1. The second kappa shape index (κ2) is 6.79. The molecule has 0 bridgehead atoms. The minimum absolute atomic E-state index is 0.0591. The van der Waals surface area contributed by atoms with Crippen LogP contribution in [-0.4, -0.2) is 67.1 Å². The number of ether oxygens (including phenoxy) is 1. The normalized spacial score (nSPS) is 18.4. The summed E-state index contributed by atoms with van der Waals surface area (Å²) in [5.41, 5.74) is 0.417. The molecule has 22 heavy (non-hydrogen) atoms. The van der Waals surface area contributed by atoms with Crippen LogP contribution in [0.4, 0.5) is 0 Å². The third-order valence-corrected chi connectivity index (χ3v) is 4.05. The van der Waals surface area contributed by atoms with E-state index in [0.29, 0.717) is 30.4 Å². The standard InChI is InChI=1S/C16H22N2O4/c1-17(2)13-5-4-6-18(10-13)15(19)11-7-12(16(20)21)9-14(8-11)22-3/h7-9,13H,4-6,10H2,1-3H3,(H,20,21)/t13-/m1/s1. The van der Waals surface area contributed by atoms with Gasteiger partial charge in [-0.2, -0.15) is 0 Å². The summed E-state index contributed by atoms with van der Waals surface area (Å²) in [6.45, 7) is 1.36. The van der Waals surface area contributed by atoms with E-state index in [1.807, 2.05) is 14.1 Å². The van der Waals surface area contributed by atoms with Crippen LogP contribution < -0.4 is 4.74 Å². The number of likely N-dealkylation sites (N-methyl/N-ethyl adjacent to an activating group) is 1. The van der Waals surface area contributed by atoms with E-state index in [0.717, 1.165) is 12.8 Å². The van der Waals surface area contributed by atoms with Gasteiger partial charge in [0, 0.05) is 24.7 Å². The zero-order chi connectivity index (χ0) is 16.3. The largest absolute Gasteiger partial charge is 0.497 e. The molecule has 6 nitrogen and oxygen atoms in total. The molecule has 1 aromatic carbocycles. The van der Waals surface area contributed by atoms with Crippen molar-refractivity contribution in [2.24, 2.45) is 0 Å². The number of carbonyl (C=O) groups is 2. The molecule has 0 aromatic heterocycles. The molecule has 1 atom stereocenters. The van der Waals surface area contributed by atoms with E-state index in [1.165, 1.54) is 19.2 Å². The Morgan fingerprint density at radius 2 is 1.95 bits per heavy atom. The van der Waals surface area contributed by atoms with Crippen molar-refractivity contribution < 1.29 is 19.4 Å². The second-order valence-corrected chi connectivity index (χ2v) is 5.77. The monoisotopic (exact) mass is 306 g/mol. The predicted molar refractivity (Wildman–Crippen MR) is 82.6 cm³/mol. The van der Waals surface area contributed by atoms with Gasteiger partial charge >= 0.3 is 5.97 Å². The lowest BCUT2D eigenvalue weighted by Crippen LogP contribution is -2.47. The summed E-state index contributed by atoms with van der Waals surface area (Å²) >= 11 is 0. The summed E-state index contributed by atoms with van der Waals surface area (Å²) in [4.78, 5) is 27.7. The third kappa shape index (κ3) is 3.57. The zero-order valence-corrected chi connectivity index (χ0v) is 13.2. The molecule has 0 radical (unpaired) electrons. The smallest absolute Gasteiger partial charge is 0.335 e. The highest BCUT2D eigenvalue weighted by Gasteiger charge is 2.26. The first kappa shape index (κ1) is 16.3.